The Morgan fingerprint density at radius 3 is 2.48 bits per heavy atom. The van der Waals surface area contributed by atoms with Gasteiger partial charge in [0.15, 0.2) is 0 Å². The number of carbonyl (C=O) groups is 1. The molecule has 3 aliphatic heterocycles. The number of rotatable bonds is 3. The number of para-hydroxylation sites is 1. The molecule has 2 unspecified atom stereocenters. The Bertz CT molecular complexity index is 615. The van der Waals surface area contributed by atoms with E-state index in [2.05, 4.69) is 27.8 Å². The van der Waals surface area contributed by atoms with Gasteiger partial charge in [0.05, 0.1) is 18.8 Å². The molecule has 136 valence electrons. The zero-order valence-electron chi connectivity index (χ0n) is 15.2. The third kappa shape index (κ3) is 3.27. The fourth-order valence-corrected chi connectivity index (χ4v) is 4.76. The molecule has 0 spiro atoms. The summed E-state index contributed by atoms with van der Waals surface area (Å²) >= 11 is 0. The molecule has 0 saturated carbocycles. The fourth-order valence-electron chi connectivity index (χ4n) is 4.76. The number of amides is 1. The van der Waals surface area contributed by atoms with Crippen LogP contribution in [0.25, 0.3) is 0 Å². The highest BCUT2D eigenvalue weighted by molar-refractivity contribution is 6.00. The van der Waals surface area contributed by atoms with Gasteiger partial charge in [0, 0.05) is 37.4 Å². The summed E-state index contributed by atoms with van der Waals surface area (Å²) < 4.78 is 5.48. The van der Waals surface area contributed by atoms with E-state index in [1.54, 1.807) is 0 Å². The number of hydrogen-bond acceptors (Lipinski definition) is 4. The Labute approximate surface area is 150 Å². The fraction of sp³-hybridized carbons (Fsp3) is 0.650. The van der Waals surface area contributed by atoms with Crippen LogP contribution in [-0.4, -0.2) is 74.2 Å². The molecule has 1 aromatic carbocycles. The van der Waals surface area contributed by atoms with Gasteiger partial charge < -0.3 is 19.4 Å². The maximum Gasteiger partial charge on any atom is 0.256 e. The van der Waals surface area contributed by atoms with E-state index < -0.39 is 0 Å². The van der Waals surface area contributed by atoms with Crippen LogP contribution < -0.4 is 4.90 Å². The van der Waals surface area contributed by atoms with Crippen molar-refractivity contribution in [2.75, 3.05) is 51.3 Å². The Hall–Kier alpha value is -1.59. The van der Waals surface area contributed by atoms with E-state index in [4.69, 9.17) is 4.74 Å². The smallest absolute Gasteiger partial charge is 0.256 e. The van der Waals surface area contributed by atoms with E-state index in [1.165, 1.54) is 12.8 Å². The van der Waals surface area contributed by atoms with Gasteiger partial charge >= 0.3 is 0 Å². The van der Waals surface area contributed by atoms with E-state index in [0.29, 0.717) is 12.1 Å². The first-order chi connectivity index (χ1) is 12.3. The molecule has 1 aromatic rings. The van der Waals surface area contributed by atoms with E-state index in [0.717, 1.165) is 63.5 Å². The number of likely N-dealkylation sites (N-methyl/N-ethyl adjacent to an activating group) is 1. The number of ether oxygens (including phenoxy) is 1. The molecule has 5 heteroatoms. The van der Waals surface area contributed by atoms with Gasteiger partial charge in [0.2, 0.25) is 0 Å². The van der Waals surface area contributed by atoms with Crippen molar-refractivity contribution < 1.29 is 9.53 Å². The van der Waals surface area contributed by atoms with E-state index >= 15 is 0 Å². The van der Waals surface area contributed by atoms with Crippen LogP contribution in [0.1, 0.15) is 36.0 Å². The predicted octanol–water partition coefficient (Wildman–Crippen LogP) is 2.22. The van der Waals surface area contributed by atoms with Crippen LogP contribution in [0.2, 0.25) is 0 Å². The largest absolute Gasteiger partial charge is 0.378 e. The first-order valence-electron chi connectivity index (χ1n) is 9.68. The molecule has 3 fully saturated rings. The average molecular weight is 343 g/mol. The van der Waals surface area contributed by atoms with E-state index in [9.17, 15) is 4.79 Å². The van der Waals surface area contributed by atoms with Gasteiger partial charge in [-0.3, -0.25) is 4.79 Å². The van der Waals surface area contributed by atoms with Crippen molar-refractivity contribution in [2.24, 2.45) is 0 Å². The Balaban J connectivity index is 1.58. The first kappa shape index (κ1) is 16.9. The highest BCUT2D eigenvalue weighted by atomic mass is 16.5. The van der Waals surface area contributed by atoms with Gasteiger partial charge in [0.1, 0.15) is 0 Å². The first-order valence-corrected chi connectivity index (χ1v) is 9.68. The van der Waals surface area contributed by atoms with Gasteiger partial charge in [-0.1, -0.05) is 12.1 Å². The summed E-state index contributed by atoms with van der Waals surface area (Å²) in [5.74, 6) is 0.213. The summed E-state index contributed by atoms with van der Waals surface area (Å²) in [6, 6.07) is 9.02. The second kappa shape index (κ2) is 7.34. The van der Waals surface area contributed by atoms with Gasteiger partial charge in [-0.2, -0.15) is 0 Å². The normalized spacial score (nSPS) is 27.9. The molecular formula is C20H29N3O2. The number of nitrogens with zero attached hydrogens (tertiary/aromatic N) is 3. The lowest BCUT2D eigenvalue weighted by Crippen LogP contribution is -2.47. The zero-order chi connectivity index (χ0) is 17.2. The lowest BCUT2D eigenvalue weighted by molar-refractivity contribution is 0.0664. The Morgan fingerprint density at radius 1 is 1.00 bits per heavy atom. The van der Waals surface area contributed by atoms with Gasteiger partial charge in [-0.05, 0) is 51.4 Å². The topological polar surface area (TPSA) is 36.0 Å². The molecule has 0 aliphatic carbocycles. The number of anilines is 1. The van der Waals surface area contributed by atoms with Crippen molar-refractivity contribution in [3.63, 3.8) is 0 Å². The Morgan fingerprint density at radius 2 is 1.72 bits per heavy atom. The molecule has 0 bridgehead atoms. The summed E-state index contributed by atoms with van der Waals surface area (Å²) in [4.78, 5) is 20.3. The molecule has 2 atom stereocenters. The lowest BCUT2D eigenvalue weighted by atomic mass is 10.0. The summed E-state index contributed by atoms with van der Waals surface area (Å²) in [7, 11) is 2.21. The molecule has 0 aromatic heterocycles. The molecule has 3 saturated heterocycles. The van der Waals surface area contributed by atoms with Crippen LogP contribution >= 0.6 is 0 Å². The van der Waals surface area contributed by atoms with Crippen LogP contribution in [0.5, 0.6) is 0 Å². The summed E-state index contributed by atoms with van der Waals surface area (Å²) in [5, 5.41) is 0. The molecular weight excluding hydrogens is 314 g/mol. The maximum atomic E-state index is 13.4. The van der Waals surface area contributed by atoms with Gasteiger partial charge in [0.25, 0.3) is 5.91 Å². The molecule has 1 amide bonds. The summed E-state index contributed by atoms with van der Waals surface area (Å²) in [5.41, 5.74) is 1.93. The Kier molecular flexibility index (Phi) is 4.95. The average Bonchev–Trinajstić information content (AvgIpc) is 3.30. The molecule has 3 heterocycles. The quantitative estimate of drug-likeness (QED) is 0.843. The van der Waals surface area contributed by atoms with E-state index in [-0.39, 0.29) is 5.91 Å². The van der Waals surface area contributed by atoms with Crippen molar-refractivity contribution in [2.45, 2.75) is 37.8 Å². The number of likely N-dealkylation sites (tertiary alicyclic amines) is 2. The van der Waals surface area contributed by atoms with Crippen LogP contribution in [0, 0.1) is 0 Å². The van der Waals surface area contributed by atoms with Crippen molar-refractivity contribution >= 4 is 11.6 Å². The standard InChI is InChI=1S/C20H29N3O2/c1-21-10-4-8-18(21)19-9-5-11-23(19)20(24)16-6-2-3-7-17(16)22-12-14-25-15-13-22/h2-3,6-7,18-19H,4-5,8-15H2,1H3. The highest BCUT2D eigenvalue weighted by Gasteiger charge is 2.39. The molecule has 4 rings (SSSR count). The van der Waals surface area contributed by atoms with Crippen molar-refractivity contribution in [3.05, 3.63) is 29.8 Å². The van der Waals surface area contributed by atoms with Crippen LogP contribution in [0.4, 0.5) is 5.69 Å². The molecule has 5 nitrogen and oxygen atoms in total. The third-order valence-electron chi connectivity index (χ3n) is 6.07. The third-order valence-corrected chi connectivity index (χ3v) is 6.07. The summed E-state index contributed by atoms with van der Waals surface area (Å²) in [6.07, 6.45) is 4.74. The summed E-state index contributed by atoms with van der Waals surface area (Å²) in [6.45, 7) is 5.25. The van der Waals surface area contributed by atoms with E-state index in [1.807, 2.05) is 18.2 Å². The second-order valence-corrected chi connectivity index (χ2v) is 7.51. The molecule has 3 aliphatic rings. The van der Waals surface area contributed by atoms with Gasteiger partial charge in [-0.15, -0.1) is 0 Å². The van der Waals surface area contributed by atoms with Crippen molar-refractivity contribution in [1.82, 2.24) is 9.80 Å². The molecule has 25 heavy (non-hydrogen) atoms. The van der Waals surface area contributed by atoms with Crippen LogP contribution in [0.3, 0.4) is 0 Å². The van der Waals surface area contributed by atoms with Crippen molar-refractivity contribution in [1.29, 1.82) is 0 Å². The monoisotopic (exact) mass is 343 g/mol. The number of hydrogen-bond donors (Lipinski definition) is 0. The number of benzene rings is 1. The predicted molar refractivity (Wildman–Crippen MR) is 99.2 cm³/mol. The minimum atomic E-state index is 0.213. The number of carbonyl (C=O) groups excluding carboxylic acids is 1. The SMILES string of the molecule is CN1CCCC1C1CCCN1C(=O)c1ccccc1N1CCOCC1. The van der Waals surface area contributed by atoms with Crippen molar-refractivity contribution in [3.8, 4) is 0 Å². The maximum absolute atomic E-state index is 13.4. The number of morpholine rings is 1. The molecule has 0 radical (unpaired) electrons. The molecule has 0 N–H and O–H groups in total. The van der Waals surface area contributed by atoms with Gasteiger partial charge in [-0.25, -0.2) is 0 Å². The second-order valence-electron chi connectivity index (χ2n) is 7.51. The lowest BCUT2D eigenvalue weighted by Gasteiger charge is -2.35. The highest BCUT2D eigenvalue weighted by Crippen LogP contribution is 2.32. The van der Waals surface area contributed by atoms with Crippen LogP contribution in [0.15, 0.2) is 24.3 Å². The van der Waals surface area contributed by atoms with Crippen LogP contribution in [-0.2, 0) is 4.74 Å². The zero-order valence-corrected chi connectivity index (χ0v) is 15.2. The minimum absolute atomic E-state index is 0.213. The minimum Gasteiger partial charge on any atom is -0.378 e.